The number of amides is 4. The SMILES string of the molecule is CC(=O)Nc1ccc2c(c1)C(=O)NCC(N)C(=O)NC(CCC(=O)O)C(=O)NC(C)CO2. The van der Waals surface area contributed by atoms with Gasteiger partial charge in [-0.2, -0.15) is 0 Å². The summed E-state index contributed by atoms with van der Waals surface area (Å²) >= 11 is 0. The third kappa shape index (κ3) is 7.23. The van der Waals surface area contributed by atoms with Gasteiger partial charge < -0.3 is 36.8 Å². The Morgan fingerprint density at radius 1 is 1.22 bits per heavy atom. The molecule has 4 amide bonds. The number of carboxylic acid groups (broad SMARTS) is 1. The van der Waals surface area contributed by atoms with E-state index in [1.165, 1.54) is 19.1 Å². The van der Waals surface area contributed by atoms with Crippen LogP contribution in [-0.4, -0.2) is 66.0 Å². The number of carbonyl (C=O) groups excluding carboxylic acids is 4. The molecular weight excluding hydrogens is 422 g/mol. The smallest absolute Gasteiger partial charge is 0.303 e. The zero-order valence-corrected chi connectivity index (χ0v) is 17.8. The summed E-state index contributed by atoms with van der Waals surface area (Å²) in [7, 11) is 0. The summed E-state index contributed by atoms with van der Waals surface area (Å²) in [5.41, 5.74) is 6.32. The number of carbonyl (C=O) groups is 5. The number of hydrogen-bond donors (Lipinski definition) is 6. The van der Waals surface area contributed by atoms with Gasteiger partial charge >= 0.3 is 5.97 Å². The van der Waals surface area contributed by atoms with Crippen LogP contribution in [-0.2, 0) is 19.2 Å². The second-order valence-corrected chi connectivity index (χ2v) is 7.42. The maximum absolute atomic E-state index is 12.7. The van der Waals surface area contributed by atoms with Crippen molar-refractivity contribution in [2.75, 3.05) is 18.5 Å². The van der Waals surface area contributed by atoms with E-state index in [9.17, 15) is 24.0 Å². The molecule has 0 saturated carbocycles. The monoisotopic (exact) mass is 449 g/mol. The van der Waals surface area contributed by atoms with E-state index in [0.717, 1.165) is 0 Å². The molecule has 174 valence electrons. The van der Waals surface area contributed by atoms with E-state index in [1.807, 2.05) is 0 Å². The molecule has 12 nitrogen and oxygen atoms in total. The zero-order valence-electron chi connectivity index (χ0n) is 17.8. The molecule has 0 saturated heterocycles. The van der Waals surface area contributed by atoms with Crippen molar-refractivity contribution in [3.63, 3.8) is 0 Å². The molecule has 3 atom stereocenters. The molecule has 0 bridgehead atoms. The third-order valence-corrected chi connectivity index (χ3v) is 4.52. The molecule has 1 aliphatic rings. The molecule has 3 unspecified atom stereocenters. The molecule has 1 heterocycles. The van der Waals surface area contributed by atoms with Crippen LogP contribution in [0.2, 0.25) is 0 Å². The standard InChI is InChI=1S/C20H27N5O7/c1-10-9-32-16-5-3-12(24-11(2)26)7-13(16)18(29)22-8-14(21)19(30)25-15(20(31)23-10)4-6-17(27)28/h3,5,7,10,14-15H,4,6,8-9,21H2,1-2H3,(H,22,29)(H,23,31)(H,24,26)(H,25,30)(H,27,28). The van der Waals surface area contributed by atoms with Crippen LogP contribution < -0.4 is 31.7 Å². The molecule has 32 heavy (non-hydrogen) atoms. The highest BCUT2D eigenvalue weighted by atomic mass is 16.5. The van der Waals surface area contributed by atoms with Crippen molar-refractivity contribution in [1.29, 1.82) is 0 Å². The zero-order chi connectivity index (χ0) is 23.8. The molecule has 1 aromatic carbocycles. The van der Waals surface area contributed by atoms with Crippen LogP contribution in [0, 0.1) is 0 Å². The van der Waals surface area contributed by atoms with Crippen molar-refractivity contribution in [3.05, 3.63) is 23.8 Å². The van der Waals surface area contributed by atoms with Crippen LogP contribution in [0.25, 0.3) is 0 Å². The maximum atomic E-state index is 12.7. The van der Waals surface area contributed by atoms with Gasteiger partial charge in [-0.15, -0.1) is 0 Å². The first-order valence-corrected chi connectivity index (χ1v) is 9.97. The van der Waals surface area contributed by atoms with Gasteiger partial charge in [0.25, 0.3) is 5.91 Å². The number of ether oxygens (including phenoxy) is 1. The molecule has 7 N–H and O–H groups in total. The van der Waals surface area contributed by atoms with E-state index in [0.29, 0.717) is 5.69 Å². The van der Waals surface area contributed by atoms with E-state index in [2.05, 4.69) is 21.3 Å². The van der Waals surface area contributed by atoms with E-state index in [1.54, 1.807) is 13.0 Å². The van der Waals surface area contributed by atoms with E-state index in [4.69, 9.17) is 15.6 Å². The van der Waals surface area contributed by atoms with Gasteiger partial charge in [-0.25, -0.2) is 0 Å². The highest BCUT2D eigenvalue weighted by Gasteiger charge is 2.27. The fourth-order valence-electron chi connectivity index (χ4n) is 2.92. The predicted molar refractivity (Wildman–Crippen MR) is 113 cm³/mol. The number of carboxylic acids is 1. The number of hydrogen-bond acceptors (Lipinski definition) is 7. The Hall–Kier alpha value is -3.67. The van der Waals surface area contributed by atoms with Gasteiger partial charge in [-0.3, -0.25) is 24.0 Å². The quantitative estimate of drug-likeness (QED) is 0.335. The Balaban J connectivity index is 2.29. The summed E-state index contributed by atoms with van der Waals surface area (Å²) in [6.07, 6.45) is -0.465. The van der Waals surface area contributed by atoms with E-state index < -0.39 is 41.8 Å². The van der Waals surface area contributed by atoms with Crippen LogP contribution in [0.3, 0.4) is 0 Å². The number of nitrogens with two attached hydrogens (primary N) is 1. The van der Waals surface area contributed by atoms with Crippen LogP contribution >= 0.6 is 0 Å². The predicted octanol–water partition coefficient (Wildman–Crippen LogP) is -1.05. The highest BCUT2D eigenvalue weighted by molar-refractivity contribution is 5.99. The second kappa shape index (κ2) is 11.1. The first-order valence-electron chi connectivity index (χ1n) is 9.97. The van der Waals surface area contributed by atoms with Crippen molar-refractivity contribution < 1.29 is 33.8 Å². The molecule has 2 rings (SSSR count). The highest BCUT2D eigenvalue weighted by Crippen LogP contribution is 2.23. The molecule has 1 aliphatic heterocycles. The van der Waals surface area contributed by atoms with Gasteiger partial charge in [0.2, 0.25) is 17.7 Å². The van der Waals surface area contributed by atoms with Crippen LogP contribution in [0.1, 0.15) is 37.0 Å². The molecule has 0 aromatic heterocycles. The largest absolute Gasteiger partial charge is 0.491 e. The first kappa shape index (κ1) is 24.6. The lowest BCUT2D eigenvalue weighted by Gasteiger charge is -2.24. The lowest BCUT2D eigenvalue weighted by molar-refractivity contribution is -0.138. The number of anilines is 1. The van der Waals surface area contributed by atoms with Gasteiger partial charge in [-0.05, 0) is 31.5 Å². The fraction of sp³-hybridized carbons (Fsp3) is 0.450. The Kier molecular flexibility index (Phi) is 8.53. The van der Waals surface area contributed by atoms with Gasteiger partial charge in [-0.1, -0.05) is 0 Å². The Bertz CT molecular complexity index is 904. The van der Waals surface area contributed by atoms with Gasteiger partial charge in [0.15, 0.2) is 0 Å². The lowest BCUT2D eigenvalue weighted by Crippen LogP contribution is -2.56. The van der Waals surface area contributed by atoms with Crippen molar-refractivity contribution in [3.8, 4) is 5.75 Å². The lowest BCUT2D eigenvalue weighted by atomic mass is 10.1. The number of fused-ring (bicyclic) bond motifs is 1. The molecule has 12 heteroatoms. The van der Waals surface area contributed by atoms with Crippen molar-refractivity contribution in [2.24, 2.45) is 5.73 Å². The van der Waals surface area contributed by atoms with Crippen LogP contribution in [0.5, 0.6) is 5.75 Å². The molecule has 0 spiro atoms. The van der Waals surface area contributed by atoms with Crippen molar-refractivity contribution >= 4 is 35.3 Å². The first-order chi connectivity index (χ1) is 15.1. The minimum Gasteiger partial charge on any atom is -0.491 e. The number of aliphatic carboxylic acids is 1. The minimum absolute atomic E-state index is 0.00931. The number of nitrogens with one attached hydrogen (secondary N) is 4. The number of rotatable bonds is 4. The second-order valence-electron chi connectivity index (χ2n) is 7.42. The van der Waals surface area contributed by atoms with E-state index >= 15 is 0 Å². The summed E-state index contributed by atoms with van der Waals surface area (Å²) in [5.74, 6) is -3.11. The average molecular weight is 449 g/mol. The van der Waals surface area contributed by atoms with Crippen molar-refractivity contribution in [2.45, 2.75) is 44.8 Å². The van der Waals surface area contributed by atoms with Crippen LogP contribution in [0.4, 0.5) is 5.69 Å². The fourth-order valence-corrected chi connectivity index (χ4v) is 2.92. The molecule has 1 aromatic rings. The van der Waals surface area contributed by atoms with Gasteiger partial charge in [0, 0.05) is 25.6 Å². The average Bonchev–Trinajstić information content (AvgIpc) is 2.72. The summed E-state index contributed by atoms with van der Waals surface area (Å²) in [6.45, 7) is 2.72. The minimum atomic E-state index is -1.19. The van der Waals surface area contributed by atoms with Gasteiger partial charge in [0.05, 0.1) is 11.6 Å². The molecule has 0 radical (unpaired) electrons. The van der Waals surface area contributed by atoms with Crippen LogP contribution in [0.15, 0.2) is 18.2 Å². The Labute approximate surface area is 184 Å². The Morgan fingerprint density at radius 3 is 2.59 bits per heavy atom. The molecule has 0 aliphatic carbocycles. The topological polar surface area (TPSA) is 189 Å². The van der Waals surface area contributed by atoms with E-state index in [-0.39, 0.29) is 43.2 Å². The molecule has 0 fully saturated rings. The maximum Gasteiger partial charge on any atom is 0.303 e. The summed E-state index contributed by atoms with van der Waals surface area (Å²) in [5, 5.41) is 19.1. The number of benzene rings is 1. The molecular formula is C20H27N5O7. The summed E-state index contributed by atoms with van der Waals surface area (Å²) in [6, 6.07) is 1.65. The third-order valence-electron chi connectivity index (χ3n) is 4.52. The summed E-state index contributed by atoms with van der Waals surface area (Å²) < 4.78 is 5.70. The van der Waals surface area contributed by atoms with Gasteiger partial charge in [0.1, 0.15) is 24.4 Å². The van der Waals surface area contributed by atoms with Crippen molar-refractivity contribution in [1.82, 2.24) is 16.0 Å². The summed E-state index contributed by atoms with van der Waals surface area (Å²) in [4.78, 5) is 59.9. The normalized spacial score (nSPS) is 22.2. The Morgan fingerprint density at radius 2 is 1.94 bits per heavy atom.